The van der Waals surface area contributed by atoms with Crippen LogP contribution in [0.15, 0.2) is 59.7 Å². The van der Waals surface area contributed by atoms with Crippen molar-refractivity contribution < 1.29 is 0 Å². The van der Waals surface area contributed by atoms with E-state index in [1.54, 1.807) is 23.1 Å². The number of aryl methyl sites for hydroxylation is 1. The Hall–Kier alpha value is -4.35. The van der Waals surface area contributed by atoms with E-state index in [9.17, 15) is 10.1 Å². The van der Waals surface area contributed by atoms with Gasteiger partial charge >= 0.3 is 0 Å². The lowest BCUT2D eigenvalue weighted by molar-refractivity contribution is 0.776. The molecule has 0 saturated carbocycles. The van der Waals surface area contributed by atoms with Gasteiger partial charge in [-0.2, -0.15) is 15.5 Å². The van der Waals surface area contributed by atoms with Crippen LogP contribution in [0.4, 0.5) is 0 Å². The molecule has 3 N–H and O–H groups in total. The molecule has 2 aromatic carbocycles. The molecule has 0 bridgehead atoms. The highest BCUT2D eigenvalue weighted by Gasteiger charge is 2.19. The zero-order valence-corrected chi connectivity index (χ0v) is 16.6. The van der Waals surface area contributed by atoms with Gasteiger partial charge in [0.1, 0.15) is 6.07 Å². The van der Waals surface area contributed by atoms with Crippen LogP contribution in [0, 0.1) is 11.3 Å². The number of aromatic amines is 1. The Bertz CT molecular complexity index is 1570. The molecular formula is C23H17N7O. The molecule has 0 radical (unpaired) electrons. The second kappa shape index (κ2) is 7.16. The lowest BCUT2D eigenvalue weighted by Gasteiger charge is -2.11. The number of pyridine rings is 1. The van der Waals surface area contributed by atoms with Gasteiger partial charge in [-0.1, -0.05) is 6.07 Å². The summed E-state index contributed by atoms with van der Waals surface area (Å²) in [6.07, 6.45) is 3.46. The molecule has 0 unspecified atom stereocenters. The van der Waals surface area contributed by atoms with Gasteiger partial charge in [-0.25, -0.2) is 5.10 Å². The minimum atomic E-state index is -0.265. The molecule has 0 aliphatic carbocycles. The Morgan fingerprint density at radius 1 is 1.13 bits per heavy atom. The SMILES string of the molecule is Cn1ncc(-c2ccc3c(=O)[nH]nc(CN)c3c2)c1-c1ccc2ncccc2c1C#N. The fourth-order valence-corrected chi connectivity index (χ4v) is 3.98. The first-order chi connectivity index (χ1) is 15.1. The normalized spacial score (nSPS) is 11.1. The predicted octanol–water partition coefficient (Wildman–Crippen LogP) is 2.87. The molecular weight excluding hydrogens is 390 g/mol. The smallest absolute Gasteiger partial charge is 0.272 e. The summed E-state index contributed by atoms with van der Waals surface area (Å²) in [7, 11) is 1.84. The highest BCUT2D eigenvalue weighted by atomic mass is 16.1. The zero-order valence-electron chi connectivity index (χ0n) is 16.6. The Kier molecular flexibility index (Phi) is 4.31. The predicted molar refractivity (Wildman–Crippen MR) is 118 cm³/mol. The van der Waals surface area contributed by atoms with E-state index in [-0.39, 0.29) is 12.1 Å². The topological polar surface area (TPSA) is 126 Å². The molecule has 0 aliphatic heterocycles. The third kappa shape index (κ3) is 2.87. The molecule has 8 heteroatoms. The van der Waals surface area contributed by atoms with Crippen molar-refractivity contribution in [3.8, 4) is 28.5 Å². The largest absolute Gasteiger partial charge is 0.325 e. The summed E-state index contributed by atoms with van der Waals surface area (Å²) < 4.78 is 1.75. The first-order valence-corrected chi connectivity index (χ1v) is 9.64. The third-order valence-corrected chi connectivity index (χ3v) is 5.46. The summed E-state index contributed by atoms with van der Waals surface area (Å²) in [6.45, 7) is 0.201. The molecule has 0 aliphatic rings. The van der Waals surface area contributed by atoms with Gasteiger partial charge in [-0.05, 0) is 42.0 Å². The summed E-state index contributed by atoms with van der Waals surface area (Å²) in [4.78, 5) is 16.5. The van der Waals surface area contributed by atoms with Crippen LogP contribution in [-0.4, -0.2) is 25.0 Å². The number of benzene rings is 2. The summed E-state index contributed by atoms with van der Waals surface area (Å²) in [6, 6.07) is 15.4. The van der Waals surface area contributed by atoms with Gasteiger partial charge in [0.05, 0.1) is 34.1 Å². The zero-order chi connectivity index (χ0) is 21.5. The van der Waals surface area contributed by atoms with E-state index < -0.39 is 0 Å². The molecule has 0 fully saturated rings. The van der Waals surface area contributed by atoms with Crippen LogP contribution in [0.1, 0.15) is 11.3 Å². The number of aromatic nitrogens is 5. The van der Waals surface area contributed by atoms with Crippen molar-refractivity contribution in [3.05, 3.63) is 76.5 Å². The molecule has 0 saturated heterocycles. The van der Waals surface area contributed by atoms with Crippen LogP contribution in [0.5, 0.6) is 0 Å². The van der Waals surface area contributed by atoms with Crippen LogP contribution in [0.3, 0.4) is 0 Å². The highest BCUT2D eigenvalue weighted by Crippen LogP contribution is 2.36. The van der Waals surface area contributed by atoms with E-state index in [1.165, 1.54) is 0 Å². The number of hydrogen-bond donors (Lipinski definition) is 2. The van der Waals surface area contributed by atoms with Crippen molar-refractivity contribution in [2.75, 3.05) is 0 Å². The maximum Gasteiger partial charge on any atom is 0.272 e. The Balaban J connectivity index is 1.79. The number of fused-ring (bicyclic) bond motifs is 2. The van der Waals surface area contributed by atoms with E-state index in [4.69, 9.17) is 5.73 Å². The van der Waals surface area contributed by atoms with Gasteiger partial charge in [0.25, 0.3) is 5.56 Å². The van der Waals surface area contributed by atoms with Gasteiger partial charge in [0.2, 0.25) is 0 Å². The van der Waals surface area contributed by atoms with E-state index in [0.717, 1.165) is 33.3 Å². The van der Waals surface area contributed by atoms with Crippen LogP contribution in [0.2, 0.25) is 0 Å². The summed E-state index contributed by atoms with van der Waals surface area (Å²) in [5.74, 6) is 0. The van der Waals surface area contributed by atoms with Crippen LogP contribution >= 0.6 is 0 Å². The number of H-pyrrole nitrogens is 1. The van der Waals surface area contributed by atoms with Crippen LogP contribution in [0.25, 0.3) is 44.1 Å². The average molecular weight is 407 g/mol. The van der Waals surface area contributed by atoms with Gasteiger partial charge in [0.15, 0.2) is 0 Å². The van der Waals surface area contributed by atoms with Crippen molar-refractivity contribution in [1.29, 1.82) is 5.26 Å². The summed E-state index contributed by atoms with van der Waals surface area (Å²) >= 11 is 0. The summed E-state index contributed by atoms with van der Waals surface area (Å²) in [5, 5.41) is 23.0. The molecule has 0 atom stereocenters. The quantitative estimate of drug-likeness (QED) is 0.473. The van der Waals surface area contributed by atoms with Gasteiger partial charge < -0.3 is 5.73 Å². The molecule has 8 nitrogen and oxygen atoms in total. The minimum Gasteiger partial charge on any atom is -0.325 e. The minimum absolute atomic E-state index is 0.201. The molecule has 0 amide bonds. The lowest BCUT2D eigenvalue weighted by Crippen LogP contribution is -2.13. The summed E-state index contributed by atoms with van der Waals surface area (Å²) in [5.41, 5.74) is 10.7. The molecule has 3 heterocycles. The number of nitrogens with two attached hydrogens (primary N) is 1. The van der Waals surface area contributed by atoms with Crippen molar-refractivity contribution >= 4 is 21.7 Å². The number of nitriles is 1. The molecule has 5 aromatic rings. The molecule has 0 spiro atoms. The molecule has 150 valence electrons. The molecule has 5 rings (SSSR count). The maximum absolute atomic E-state index is 12.2. The highest BCUT2D eigenvalue weighted by molar-refractivity contribution is 5.96. The van der Waals surface area contributed by atoms with Gasteiger partial charge in [0, 0.05) is 41.7 Å². The number of rotatable bonds is 3. The van der Waals surface area contributed by atoms with Crippen molar-refractivity contribution in [3.63, 3.8) is 0 Å². The number of hydrogen-bond acceptors (Lipinski definition) is 6. The Morgan fingerprint density at radius 3 is 2.81 bits per heavy atom. The van der Waals surface area contributed by atoms with E-state index in [1.807, 2.05) is 43.4 Å². The third-order valence-electron chi connectivity index (χ3n) is 5.46. The van der Waals surface area contributed by atoms with E-state index in [2.05, 4.69) is 26.3 Å². The number of nitrogens with zero attached hydrogens (tertiary/aromatic N) is 5. The standard InChI is InChI=1S/C23H17N7O/c1-30-22(15-6-7-20-14(18(15)10-24)3-2-8-26-20)19(12-27-30)13-4-5-16-17(9-13)21(11-25)28-29-23(16)31/h2-9,12H,11,25H2,1H3,(H,29,31). The average Bonchev–Trinajstić information content (AvgIpc) is 3.19. The van der Waals surface area contributed by atoms with E-state index in [0.29, 0.717) is 22.0 Å². The first kappa shape index (κ1) is 18.7. The van der Waals surface area contributed by atoms with Crippen molar-refractivity contribution in [2.45, 2.75) is 6.54 Å². The Morgan fingerprint density at radius 2 is 2.00 bits per heavy atom. The first-order valence-electron chi connectivity index (χ1n) is 9.64. The lowest BCUT2D eigenvalue weighted by atomic mass is 9.94. The second-order valence-electron chi connectivity index (χ2n) is 7.16. The van der Waals surface area contributed by atoms with Crippen LogP contribution in [-0.2, 0) is 13.6 Å². The Labute approximate surface area is 176 Å². The maximum atomic E-state index is 12.2. The molecule has 3 aromatic heterocycles. The monoisotopic (exact) mass is 407 g/mol. The second-order valence-corrected chi connectivity index (χ2v) is 7.16. The van der Waals surface area contributed by atoms with Crippen molar-refractivity contribution in [1.82, 2.24) is 25.0 Å². The van der Waals surface area contributed by atoms with E-state index >= 15 is 0 Å². The van der Waals surface area contributed by atoms with Gasteiger partial charge in [-0.15, -0.1) is 0 Å². The fraction of sp³-hybridized carbons (Fsp3) is 0.0870. The fourth-order valence-electron chi connectivity index (χ4n) is 3.98. The number of nitrogens with one attached hydrogen (secondary N) is 1. The van der Waals surface area contributed by atoms with Crippen molar-refractivity contribution in [2.24, 2.45) is 12.8 Å². The molecule has 31 heavy (non-hydrogen) atoms. The van der Waals surface area contributed by atoms with Crippen LogP contribution < -0.4 is 11.3 Å². The van der Waals surface area contributed by atoms with Gasteiger partial charge in [-0.3, -0.25) is 14.5 Å².